The summed E-state index contributed by atoms with van der Waals surface area (Å²) in [4.78, 5) is 31.6. The van der Waals surface area contributed by atoms with E-state index in [0.29, 0.717) is 6.54 Å². The predicted molar refractivity (Wildman–Crippen MR) is 131 cm³/mol. The number of unbranched alkanes of at least 4 members (excludes halogenated alkanes) is 1. The standard InChI is InChI=1S/C23H30N4O2S.ClH.H2O/c28-22-17-7-1-2-8-18(17)23(29)27(22)12-6-5-11-25-13-15-26(16-14-25)21-19-9-3-4-10-20(19)30-24-21;;/h3-4,9-10,17-18H,1-2,5-8,11-16H2;1H;1H2/t17-,18+;;. The third kappa shape index (κ3) is 4.78. The van der Waals surface area contributed by atoms with Crippen molar-refractivity contribution in [1.82, 2.24) is 14.2 Å². The minimum absolute atomic E-state index is 0. The first-order valence-electron chi connectivity index (χ1n) is 11.4. The van der Waals surface area contributed by atoms with Crippen molar-refractivity contribution in [3.05, 3.63) is 24.3 Å². The lowest BCUT2D eigenvalue weighted by Crippen LogP contribution is -2.46. The first kappa shape index (κ1) is 24.9. The Kier molecular flexibility index (Phi) is 8.49. The Hall–Kier alpha value is -1.74. The van der Waals surface area contributed by atoms with Crippen molar-refractivity contribution >= 4 is 51.7 Å². The number of benzene rings is 1. The quantitative estimate of drug-likeness (QED) is 0.468. The van der Waals surface area contributed by atoms with E-state index in [0.717, 1.165) is 77.1 Å². The van der Waals surface area contributed by atoms with Crippen LogP contribution in [0.5, 0.6) is 0 Å². The molecule has 2 amide bonds. The molecule has 9 heteroatoms. The van der Waals surface area contributed by atoms with Gasteiger partial charge < -0.3 is 10.4 Å². The Morgan fingerprint density at radius 2 is 1.53 bits per heavy atom. The van der Waals surface area contributed by atoms with E-state index < -0.39 is 0 Å². The minimum Gasteiger partial charge on any atom is -0.412 e. The molecule has 2 aliphatic heterocycles. The molecule has 1 saturated carbocycles. The zero-order valence-electron chi connectivity index (χ0n) is 18.4. The van der Waals surface area contributed by atoms with Gasteiger partial charge in [0, 0.05) is 38.1 Å². The van der Waals surface area contributed by atoms with Crippen LogP contribution in [0.2, 0.25) is 0 Å². The first-order valence-corrected chi connectivity index (χ1v) is 12.2. The molecule has 176 valence electrons. The van der Waals surface area contributed by atoms with Gasteiger partial charge in [-0.25, -0.2) is 0 Å². The zero-order chi connectivity index (χ0) is 20.5. The van der Waals surface area contributed by atoms with Gasteiger partial charge in [0.15, 0.2) is 0 Å². The fourth-order valence-corrected chi connectivity index (χ4v) is 6.14. The van der Waals surface area contributed by atoms with E-state index in [1.807, 2.05) is 0 Å². The maximum Gasteiger partial charge on any atom is 0.233 e. The Labute approximate surface area is 199 Å². The minimum atomic E-state index is -0.0128. The summed E-state index contributed by atoms with van der Waals surface area (Å²) in [5.74, 6) is 1.31. The highest BCUT2D eigenvalue weighted by atomic mass is 35.5. The number of carbonyl (C=O) groups is 2. The monoisotopic (exact) mass is 480 g/mol. The molecule has 3 heterocycles. The molecular weight excluding hydrogens is 448 g/mol. The summed E-state index contributed by atoms with van der Waals surface area (Å²) >= 11 is 1.58. The number of amides is 2. The number of imide groups is 1. The number of halogens is 1. The molecule has 3 aliphatic rings. The van der Waals surface area contributed by atoms with Gasteiger partial charge in [-0.1, -0.05) is 25.0 Å². The van der Waals surface area contributed by atoms with Crippen molar-refractivity contribution in [2.45, 2.75) is 38.5 Å². The van der Waals surface area contributed by atoms with E-state index >= 15 is 0 Å². The molecule has 5 rings (SSSR count). The highest BCUT2D eigenvalue weighted by molar-refractivity contribution is 7.13. The Morgan fingerprint density at radius 1 is 0.906 bits per heavy atom. The van der Waals surface area contributed by atoms with Crippen LogP contribution in [-0.2, 0) is 9.59 Å². The molecule has 0 radical (unpaired) electrons. The number of fused-ring (bicyclic) bond motifs is 2. The second-order valence-corrected chi connectivity index (χ2v) is 9.67. The van der Waals surface area contributed by atoms with Crippen LogP contribution >= 0.6 is 23.9 Å². The summed E-state index contributed by atoms with van der Waals surface area (Å²) in [6.45, 7) is 5.72. The number of aromatic nitrogens is 1. The van der Waals surface area contributed by atoms with Crippen molar-refractivity contribution < 1.29 is 15.1 Å². The van der Waals surface area contributed by atoms with Gasteiger partial charge >= 0.3 is 0 Å². The summed E-state index contributed by atoms with van der Waals surface area (Å²) in [7, 11) is 0. The van der Waals surface area contributed by atoms with Crippen LogP contribution in [0.25, 0.3) is 10.1 Å². The van der Waals surface area contributed by atoms with Gasteiger partial charge in [0.25, 0.3) is 0 Å². The number of hydrogen-bond acceptors (Lipinski definition) is 6. The second kappa shape index (κ2) is 10.9. The number of rotatable bonds is 6. The van der Waals surface area contributed by atoms with Crippen LogP contribution < -0.4 is 4.90 Å². The van der Waals surface area contributed by atoms with Gasteiger partial charge in [0.1, 0.15) is 5.82 Å². The Bertz CT molecular complexity index is 907. The molecule has 2 saturated heterocycles. The van der Waals surface area contributed by atoms with Gasteiger partial charge in [-0.2, -0.15) is 4.37 Å². The SMILES string of the molecule is Cl.O.O=C1[C@H]2CCCC[C@H]2C(=O)N1CCCCN1CCN(c2nsc3ccccc23)CC1. The average molecular weight is 481 g/mol. The number of carbonyl (C=O) groups excluding carboxylic acids is 2. The highest BCUT2D eigenvalue weighted by Crippen LogP contribution is 2.38. The molecule has 1 aromatic heterocycles. The van der Waals surface area contributed by atoms with E-state index in [4.69, 9.17) is 0 Å². The van der Waals surface area contributed by atoms with Crippen molar-refractivity contribution in [3.63, 3.8) is 0 Å². The summed E-state index contributed by atoms with van der Waals surface area (Å²) in [6, 6.07) is 8.45. The Morgan fingerprint density at radius 3 is 2.22 bits per heavy atom. The third-order valence-corrected chi connectivity index (χ3v) is 7.89. The number of nitrogens with zero attached hydrogens (tertiary/aromatic N) is 4. The molecule has 2 aromatic rings. The molecule has 0 bridgehead atoms. The van der Waals surface area contributed by atoms with Crippen LogP contribution in [0.15, 0.2) is 24.3 Å². The van der Waals surface area contributed by atoms with E-state index in [-0.39, 0.29) is 41.5 Å². The van der Waals surface area contributed by atoms with Crippen molar-refractivity contribution in [3.8, 4) is 0 Å². The third-order valence-electron chi connectivity index (χ3n) is 7.07. The predicted octanol–water partition coefficient (Wildman–Crippen LogP) is 2.97. The molecule has 0 spiro atoms. The topological polar surface area (TPSA) is 88.2 Å². The second-order valence-electron chi connectivity index (χ2n) is 8.86. The van der Waals surface area contributed by atoms with Crippen LogP contribution in [0.4, 0.5) is 5.82 Å². The van der Waals surface area contributed by atoms with E-state index in [1.165, 1.54) is 10.1 Å². The van der Waals surface area contributed by atoms with E-state index in [2.05, 4.69) is 38.4 Å². The number of likely N-dealkylation sites (tertiary alicyclic amines) is 1. The lowest BCUT2D eigenvalue weighted by Gasteiger charge is -2.35. The van der Waals surface area contributed by atoms with Gasteiger partial charge in [-0.15, -0.1) is 12.4 Å². The molecule has 3 fully saturated rings. The molecule has 1 aliphatic carbocycles. The van der Waals surface area contributed by atoms with Crippen LogP contribution in [0, 0.1) is 11.8 Å². The van der Waals surface area contributed by atoms with E-state index in [9.17, 15) is 9.59 Å². The van der Waals surface area contributed by atoms with Crippen LogP contribution in [0.3, 0.4) is 0 Å². The number of anilines is 1. The average Bonchev–Trinajstić information content (AvgIpc) is 3.32. The summed E-state index contributed by atoms with van der Waals surface area (Å²) in [6.07, 6.45) is 5.95. The van der Waals surface area contributed by atoms with Crippen molar-refractivity contribution in [2.24, 2.45) is 11.8 Å². The summed E-state index contributed by atoms with van der Waals surface area (Å²) < 4.78 is 5.94. The summed E-state index contributed by atoms with van der Waals surface area (Å²) in [5, 5.41) is 1.26. The van der Waals surface area contributed by atoms with Crippen molar-refractivity contribution in [2.75, 3.05) is 44.2 Å². The zero-order valence-corrected chi connectivity index (χ0v) is 20.0. The maximum absolute atomic E-state index is 12.6. The van der Waals surface area contributed by atoms with Crippen LogP contribution in [0.1, 0.15) is 38.5 Å². The molecular formula is C23H33ClN4O3S. The molecule has 1 aromatic carbocycles. The van der Waals surface area contributed by atoms with Gasteiger partial charge in [-0.3, -0.25) is 19.4 Å². The van der Waals surface area contributed by atoms with Gasteiger partial charge in [0.05, 0.1) is 16.5 Å². The molecule has 32 heavy (non-hydrogen) atoms. The van der Waals surface area contributed by atoms with Gasteiger partial charge in [0.2, 0.25) is 11.8 Å². The maximum atomic E-state index is 12.6. The first-order chi connectivity index (χ1) is 14.7. The normalized spacial score (nSPS) is 23.8. The highest BCUT2D eigenvalue weighted by Gasteiger charge is 2.47. The number of hydrogen-bond donors (Lipinski definition) is 0. The lowest BCUT2D eigenvalue weighted by molar-refractivity contribution is -0.140. The number of piperazine rings is 1. The van der Waals surface area contributed by atoms with Gasteiger partial charge in [-0.05, 0) is 55.9 Å². The smallest absolute Gasteiger partial charge is 0.233 e. The summed E-state index contributed by atoms with van der Waals surface area (Å²) in [5.41, 5.74) is 0. The molecule has 0 unspecified atom stereocenters. The molecule has 7 nitrogen and oxygen atoms in total. The lowest BCUT2D eigenvalue weighted by atomic mass is 9.81. The molecule has 2 N–H and O–H groups in total. The van der Waals surface area contributed by atoms with Crippen molar-refractivity contribution in [1.29, 1.82) is 0 Å². The largest absolute Gasteiger partial charge is 0.412 e. The van der Waals surface area contributed by atoms with Crippen LogP contribution in [-0.4, -0.2) is 70.7 Å². The fraction of sp³-hybridized carbons (Fsp3) is 0.609. The fourth-order valence-electron chi connectivity index (χ4n) is 5.34. The van der Waals surface area contributed by atoms with E-state index in [1.54, 1.807) is 16.4 Å². The molecule has 2 atom stereocenters. The Balaban J connectivity index is 0.00000144.